The maximum atomic E-state index is 11.6. The average Bonchev–Trinajstić information content (AvgIpc) is 2.26. The van der Waals surface area contributed by atoms with E-state index in [1.165, 1.54) is 19.3 Å². The Balaban J connectivity index is 2.35. The predicted molar refractivity (Wildman–Crippen MR) is 64.1 cm³/mol. The van der Waals surface area contributed by atoms with Crippen molar-refractivity contribution in [1.29, 1.82) is 0 Å². The number of carbonyl (C=O) groups is 1. The van der Waals surface area contributed by atoms with Crippen LogP contribution in [0.4, 0.5) is 0 Å². The minimum atomic E-state index is -0.391. The van der Waals surface area contributed by atoms with Crippen LogP contribution in [-0.4, -0.2) is 43.2 Å². The van der Waals surface area contributed by atoms with Gasteiger partial charge in [0.15, 0.2) is 0 Å². The van der Waals surface area contributed by atoms with Crippen LogP contribution >= 0.6 is 0 Å². The van der Waals surface area contributed by atoms with E-state index in [9.17, 15) is 4.79 Å². The van der Waals surface area contributed by atoms with E-state index < -0.39 is 6.10 Å². The first-order valence-corrected chi connectivity index (χ1v) is 6.06. The molecule has 0 bridgehead atoms. The van der Waals surface area contributed by atoms with Crippen LogP contribution < -0.4 is 5.73 Å². The molecule has 1 atom stereocenters. The van der Waals surface area contributed by atoms with Gasteiger partial charge in [-0.1, -0.05) is 19.3 Å². The quantitative estimate of drug-likeness (QED) is 0.785. The lowest BCUT2D eigenvalue weighted by atomic mass is 9.83. The van der Waals surface area contributed by atoms with Crippen molar-refractivity contribution in [3.8, 4) is 0 Å². The van der Waals surface area contributed by atoms with Crippen LogP contribution in [0.3, 0.4) is 0 Å². The standard InChI is InChI=1S/C12H24N2O2/c1-10(11(15)14(2)3)16-9-12(13)7-5-4-6-8-12/h10H,4-9,13H2,1-3H3. The van der Waals surface area contributed by atoms with Crippen molar-refractivity contribution in [1.82, 2.24) is 4.90 Å². The predicted octanol–water partition coefficient (Wildman–Crippen LogP) is 1.14. The maximum Gasteiger partial charge on any atom is 0.250 e. The highest BCUT2D eigenvalue weighted by Gasteiger charge is 2.29. The molecule has 16 heavy (non-hydrogen) atoms. The van der Waals surface area contributed by atoms with E-state index in [4.69, 9.17) is 10.5 Å². The molecule has 1 fully saturated rings. The topological polar surface area (TPSA) is 55.6 Å². The molecular formula is C12H24N2O2. The van der Waals surface area contributed by atoms with E-state index in [2.05, 4.69) is 0 Å². The van der Waals surface area contributed by atoms with Crippen LogP contribution in [0.5, 0.6) is 0 Å². The molecule has 4 nitrogen and oxygen atoms in total. The maximum absolute atomic E-state index is 11.6. The van der Waals surface area contributed by atoms with E-state index in [1.807, 2.05) is 0 Å². The van der Waals surface area contributed by atoms with Crippen molar-refractivity contribution >= 4 is 5.91 Å². The van der Waals surface area contributed by atoms with Gasteiger partial charge in [0.05, 0.1) is 6.61 Å². The number of nitrogens with two attached hydrogens (primary N) is 1. The Morgan fingerprint density at radius 1 is 1.38 bits per heavy atom. The summed E-state index contributed by atoms with van der Waals surface area (Å²) >= 11 is 0. The normalized spacial score (nSPS) is 21.5. The Bertz CT molecular complexity index is 235. The summed E-state index contributed by atoms with van der Waals surface area (Å²) in [7, 11) is 3.47. The summed E-state index contributed by atoms with van der Waals surface area (Å²) in [5, 5.41) is 0. The lowest BCUT2D eigenvalue weighted by Gasteiger charge is -2.34. The first-order valence-electron chi connectivity index (χ1n) is 6.06. The highest BCUT2D eigenvalue weighted by atomic mass is 16.5. The van der Waals surface area contributed by atoms with Gasteiger partial charge in [-0.05, 0) is 19.8 Å². The lowest BCUT2D eigenvalue weighted by molar-refractivity contribution is -0.141. The van der Waals surface area contributed by atoms with Gasteiger partial charge in [0.1, 0.15) is 6.10 Å². The third kappa shape index (κ3) is 3.76. The average molecular weight is 228 g/mol. The molecule has 0 aromatic heterocycles. The number of amides is 1. The molecule has 94 valence electrons. The Morgan fingerprint density at radius 3 is 2.44 bits per heavy atom. The summed E-state index contributed by atoms with van der Waals surface area (Å²) in [4.78, 5) is 13.1. The van der Waals surface area contributed by atoms with Crippen LogP contribution in [-0.2, 0) is 9.53 Å². The fourth-order valence-corrected chi connectivity index (χ4v) is 2.13. The molecule has 1 rings (SSSR count). The van der Waals surface area contributed by atoms with Gasteiger partial charge in [0.2, 0.25) is 0 Å². The number of hydrogen-bond donors (Lipinski definition) is 1. The third-order valence-corrected chi connectivity index (χ3v) is 3.26. The number of likely N-dealkylation sites (N-methyl/N-ethyl adjacent to an activating group) is 1. The summed E-state index contributed by atoms with van der Waals surface area (Å²) in [6, 6.07) is 0. The highest BCUT2D eigenvalue weighted by Crippen LogP contribution is 2.26. The third-order valence-electron chi connectivity index (χ3n) is 3.26. The summed E-state index contributed by atoms with van der Waals surface area (Å²) in [5.41, 5.74) is 6.02. The first kappa shape index (κ1) is 13.5. The minimum Gasteiger partial charge on any atom is -0.367 e. The second kappa shape index (κ2) is 5.64. The molecule has 0 heterocycles. The second-order valence-corrected chi connectivity index (χ2v) is 5.11. The number of carbonyl (C=O) groups excluding carboxylic acids is 1. The van der Waals surface area contributed by atoms with Crippen molar-refractivity contribution in [2.75, 3.05) is 20.7 Å². The van der Waals surface area contributed by atoms with Crippen LogP contribution in [0, 0.1) is 0 Å². The van der Waals surface area contributed by atoms with E-state index in [-0.39, 0.29) is 11.4 Å². The van der Waals surface area contributed by atoms with E-state index in [0.717, 1.165) is 12.8 Å². The largest absolute Gasteiger partial charge is 0.367 e. The molecule has 0 aromatic rings. The molecule has 1 aliphatic carbocycles. The Labute approximate surface area is 98.1 Å². The zero-order chi connectivity index (χ0) is 12.2. The molecule has 0 saturated heterocycles. The number of rotatable bonds is 4. The Hall–Kier alpha value is -0.610. The molecule has 2 N–H and O–H groups in total. The van der Waals surface area contributed by atoms with Gasteiger partial charge in [-0.3, -0.25) is 4.79 Å². The molecule has 0 aliphatic heterocycles. The number of ether oxygens (including phenoxy) is 1. The van der Waals surface area contributed by atoms with E-state index >= 15 is 0 Å². The van der Waals surface area contributed by atoms with Gasteiger partial charge in [-0.2, -0.15) is 0 Å². The monoisotopic (exact) mass is 228 g/mol. The van der Waals surface area contributed by atoms with E-state index in [0.29, 0.717) is 6.61 Å². The van der Waals surface area contributed by atoms with Crippen molar-refractivity contribution in [3.63, 3.8) is 0 Å². The lowest BCUT2D eigenvalue weighted by Crippen LogP contribution is -2.48. The molecule has 0 radical (unpaired) electrons. The molecular weight excluding hydrogens is 204 g/mol. The molecule has 1 saturated carbocycles. The zero-order valence-corrected chi connectivity index (χ0v) is 10.7. The first-order chi connectivity index (χ1) is 7.44. The molecule has 1 amide bonds. The fourth-order valence-electron chi connectivity index (χ4n) is 2.13. The smallest absolute Gasteiger partial charge is 0.250 e. The molecule has 1 aliphatic rings. The number of hydrogen-bond acceptors (Lipinski definition) is 3. The van der Waals surface area contributed by atoms with Crippen molar-refractivity contribution in [2.45, 2.75) is 50.7 Å². The summed E-state index contributed by atoms with van der Waals surface area (Å²) in [5.74, 6) is -0.000547. The van der Waals surface area contributed by atoms with Gasteiger partial charge >= 0.3 is 0 Å². The van der Waals surface area contributed by atoms with E-state index in [1.54, 1.807) is 25.9 Å². The van der Waals surface area contributed by atoms with Gasteiger partial charge < -0.3 is 15.4 Å². The van der Waals surface area contributed by atoms with Crippen molar-refractivity contribution in [3.05, 3.63) is 0 Å². The van der Waals surface area contributed by atoms with Gasteiger partial charge in [0, 0.05) is 19.6 Å². The second-order valence-electron chi connectivity index (χ2n) is 5.11. The SMILES string of the molecule is CC(OCC1(N)CCCCC1)C(=O)N(C)C. The molecule has 4 heteroatoms. The summed E-state index contributed by atoms with van der Waals surface area (Å²) in [6.45, 7) is 2.28. The van der Waals surface area contributed by atoms with Crippen LogP contribution in [0.15, 0.2) is 0 Å². The van der Waals surface area contributed by atoms with Gasteiger partial charge in [-0.25, -0.2) is 0 Å². The Kier molecular flexibility index (Phi) is 4.74. The molecule has 0 spiro atoms. The van der Waals surface area contributed by atoms with Crippen molar-refractivity contribution in [2.24, 2.45) is 5.73 Å². The van der Waals surface area contributed by atoms with Crippen LogP contribution in [0.2, 0.25) is 0 Å². The summed E-state index contributed by atoms with van der Waals surface area (Å²) < 4.78 is 5.59. The zero-order valence-electron chi connectivity index (χ0n) is 10.7. The minimum absolute atomic E-state index is 0.000547. The van der Waals surface area contributed by atoms with Gasteiger partial charge in [0.25, 0.3) is 5.91 Å². The van der Waals surface area contributed by atoms with Gasteiger partial charge in [-0.15, -0.1) is 0 Å². The van der Waals surface area contributed by atoms with Crippen LogP contribution in [0.1, 0.15) is 39.0 Å². The van der Waals surface area contributed by atoms with Crippen LogP contribution in [0.25, 0.3) is 0 Å². The number of nitrogens with zero attached hydrogens (tertiary/aromatic N) is 1. The molecule has 0 aromatic carbocycles. The molecule has 1 unspecified atom stereocenters. The van der Waals surface area contributed by atoms with Crippen molar-refractivity contribution < 1.29 is 9.53 Å². The fraction of sp³-hybridized carbons (Fsp3) is 0.917. The highest BCUT2D eigenvalue weighted by molar-refractivity contribution is 5.79. The summed E-state index contributed by atoms with van der Waals surface area (Å²) in [6.07, 6.45) is 5.25. The Morgan fingerprint density at radius 2 is 1.94 bits per heavy atom.